The van der Waals surface area contributed by atoms with Gasteiger partial charge >= 0.3 is 0 Å². The van der Waals surface area contributed by atoms with Crippen LogP contribution in [0, 0.1) is 5.92 Å². The molecule has 88 valence electrons. The highest BCUT2D eigenvalue weighted by molar-refractivity contribution is 8.13. The monoisotopic (exact) mass is 229 g/mol. The average molecular weight is 229 g/mol. The van der Waals surface area contributed by atoms with Gasteiger partial charge in [0.1, 0.15) is 0 Å². The molecule has 4 heteroatoms. The molecule has 15 heavy (non-hydrogen) atoms. The molecule has 0 aromatic heterocycles. The first-order chi connectivity index (χ1) is 7.09. The van der Waals surface area contributed by atoms with E-state index >= 15 is 0 Å². The van der Waals surface area contributed by atoms with Crippen LogP contribution in [-0.2, 0) is 0 Å². The van der Waals surface area contributed by atoms with Crippen LogP contribution in [0.5, 0.6) is 0 Å². The van der Waals surface area contributed by atoms with Gasteiger partial charge in [-0.15, -0.1) is 0 Å². The maximum absolute atomic E-state index is 4.58. The standard InChI is InChI=1S/C11H23N3S/c1-9-8-15-11(13-10(9)2)12-6-5-7-14(3)4/h9-10H,5-8H2,1-4H3,(H,12,13). The van der Waals surface area contributed by atoms with E-state index in [1.807, 2.05) is 11.8 Å². The first kappa shape index (κ1) is 12.8. The first-order valence-electron chi connectivity index (χ1n) is 5.68. The highest BCUT2D eigenvalue weighted by Gasteiger charge is 2.20. The Labute approximate surface area is 97.7 Å². The lowest BCUT2D eigenvalue weighted by atomic mass is 10.1. The third-order valence-electron chi connectivity index (χ3n) is 2.71. The van der Waals surface area contributed by atoms with Crippen molar-refractivity contribution < 1.29 is 0 Å². The Balaban J connectivity index is 2.22. The maximum atomic E-state index is 4.58. The zero-order valence-corrected chi connectivity index (χ0v) is 11.1. The van der Waals surface area contributed by atoms with Crippen molar-refractivity contribution in [1.82, 2.24) is 10.2 Å². The maximum Gasteiger partial charge on any atom is 0.156 e. The van der Waals surface area contributed by atoms with E-state index in [0.717, 1.165) is 30.6 Å². The fourth-order valence-electron chi connectivity index (χ4n) is 1.39. The topological polar surface area (TPSA) is 27.6 Å². The summed E-state index contributed by atoms with van der Waals surface area (Å²) in [7, 11) is 4.20. The number of aliphatic imine (C=N–C) groups is 1. The van der Waals surface area contributed by atoms with Gasteiger partial charge in [-0.05, 0) is 39.9 Å². The molecule has 0 aromatic carbocycles. The molecular formula is C11H23N3S. The summed E-state index contributed by atoms with van der Waals surface area (Å²) in [5.41, 5.74) is 0. The van der Waals surface area contributed by atoms with Crippen molar-refractivity contribution in [2.24, 2.45) is 10.9 Å². The van der Waals surface area contributed by atoms with E-state index in [1.54, 1.807) is 0 Å². The van der Waals surface area contributed by atoms with Gasteiger partial charge in [0.15, 0.2) is 5.17 Å². The van der Waals surface area contributed by atoms with Crippen molar-refractivity contribution in [2.75, 3.05) is 32.9 Å². The lowest BCUT2D eigenvalue weighted by Gasteiger charge is -2.28. The van der Waals surface area contributed by atoms with E-state index in [9.17, 15) is 0 Å². The van der Waals surface area contributed by atoms with Gasteiger partial charge in [0, 0.05) is 18.3 Å². The first-order valence-corrected chi connectivity index (χ1v) is 6.66. The molecule has 2 unspecified atom stereocenters. The number of hydrogen-bond acceptors (Lipinski definition) is 3. The van der Waals surface area contributed by atoms with Gasteiger partial charge in [0.2, 0.25) is 0 Å². The fraction of sp³-hybridized carbons (Fsp3) is 0.909. The molecular weight excluding hydrogens is 206 g/mol. The van der Waals surface area contributed by atoms with E-state index in [-0.39, 0.29) is 0 Å². The van der Waals surface area contributed by atoms with E-state index in [1.165, 1.54) is 5.75 Å². The molecule has 1 rings (SSSR count). The molecule has 2 atom stereocenters. The zero-order chi connectivity index (χ0) is 11.3. The summed E-state index contributed by atoms with van der Waals surface area (Å²) in [5.74, 6) is 1.94. The molecule has 0 amide bonds. The van der Waals surface area contributed by atoms with E-state index in [4.69, 9.17) is 0 Å². The van der Waals surface area contributed by atoms with Crippen LogP contribution in [0.4, 0.5) is 0 Å². The van der Waals surface area contributed by atoms with Gasteiger partial charge in [-0.1, -0.05) is 18.7 Å². The minimum Gasteiger partial charge on any atom is -0.362 e. The van der Waals surface area contributed by atoms with Crippen molar-refractivity contribution in [1.29, 1.82) is 0 Å². The summed E-state index contributed by atoms with van der Waals surface area (Å²) >= 11 is 1.86. The van der Waals surface area contributed by atoms with Gasteiger partial charge in [-0.3, -0.25) is 4.99 Å². The smallest absolute Gasteiger partial charge is 0.156 e. The highest BCUT2D eigenvalue weighted by Crippen LogP contribution is 2.19. The van der Waals surface area contributed by atoms with Gasteiger partial charge in [-0.2, -0.15) is 0 Å². The molecule has 1 saturated heterocycles. The highest BCUT2D eigenvalue weighted by atomic mass is 32.2. The van der Waals surface area contributed by atoms with E-state index < -0.39 is 0 Å². The lowest BCUT2D eigenvalue weighted by molar-refractivity contribution is 0.403. The third kappa shape index (κ3) is 4.89. The van der Waals surface area contributed by atoms with Crippen molar-refractivity contribution >= 4 is 16.9 Å². The summed E-state index contributed by atoms with van der Waals surface area (Å²) in [6, 6.07) is 0.568. The third-order valence-corrected chi connectivity index (χ3v) is 3.92. The summed E-state index contributed by atoms with van der Waals surface area (Å²) in [6.45, 7) is 6.58. The SMILES string of the molecule is CC1CSC(=NCCCN(C)C)NC1C. The van der Waals surface area contributed by atoms with E-state index in [2.05, 4.69) is 43.2 Å². The summed E-state index contributed by atoms with van der Waals surface area (Å²) in [4.78, 5) is 6.78. The second kappa shape index (κ2) is 6.38. The van der Waals surface area contributed by atoms with Gasteiger partial charge < -0.3 is 10.2 Å². The zero-order valence-electron chi connectivity index (χ0n) is 10.3. The minimum atomic E-state index is 0.568. The molecule has 1 N–H and O–H groups in total. The van der Waals surface area contributed by atoms with Crippen LogP contribution >= 0.6 is 11.8 Å². The average Bonchev–Trinajstić information content (AvgIpc) is 2.18. The molecule has 1 aliphatic rings. The van der Waals surface area contributed by atoms with Crippen molar-refractivity contribution in [3.8, 4) is 0 Å². The Morgan fingerprint density at radius 3 is 2.80 bits per heavy atom. The number of rotatable bonds is 4. The number of nitrogens with zero attached hydrogens (tertiary/aromatic N) is 2. The summed E-state index contributed by atoms with van der Waals surface area (Å²) < 4.78 is 0. The van der Waals surface area contributed by atoms with Crippen molar-refractivity contribution in [3.63, 3.8) is 0 Å². The molecule has 0 aromatic rings. The normalized spacial score (nSPS) is 29.5. The van der Waals surface area contributed by atoms with Gasteiger partial charge in [0.05, 0.1) is 0 Å². The molecule has 3 nitrogen and oxygen atoms in total. The largest absolute Gasteiger partial charge is 0.362 e. The molecule has 0 saturated carbocycles. The van der Waals surface area contributed by atoms with Gasteiger partial charge in [-0.25, -0.2) is 0 Å². The Hall–Kier alpha value is -0.220. The number of hydrogen-bond donors (Lipinski definition) is 1. The molecule has 0 bridgehead atoms. The van der Waals surface area contributed by atoms with Crippen LogP contribution in [0.3, 0.4) is 0 Å². The van der Waals surface area contributed by atoms with Gasteiger partial charge in [0.25, 0.3) is 0 Å². The number of amidine groups is 1. The summed E-state index contributed by atoms with van der Waals surface area (Å²) in [5, 5.41) is 4.59. The van der Waals surface area contributed by atoms with Crippen LogP contribution in [0.15, 0.2) is 4.99 Å². The quantitative estimate of drug-likeness (QED) is 0.743. The Bertz CT molecular complexity index is 216. The van der Waals surface area contributed by atoms with Crippen LogP contribution in [0.2, 0.25) is 0 Å². The van der Waals surface area contributed by atoms with Crippen molar-refractivity contribution in [2.45, 2.75) is 26.3 Å². The Morgan fingerprint density at radius 2 is 2.20 bits per heavy atom. The molecule has 0 aliphatic carbocycles. The van der Waals surface area contributed by atoms with Crippen LogP contribution < -0.4 is 5.32 Å². The molecule has 0 radical (unpaired) electrons. The lowest BCUT2D eigenvalue weighted by Crippen LogP contribution is -2.41. The van der Waals surface area contributed by atoms with Crippen molar-refractivity contribution in [3.05, 3.63) is 0 Å². The summed E-state index contributed by atoms with van der Waals surface area (Å²) in [6.07, 6.45) is 1.14. The van der Waals surface area contributed by atoms with Crippen LogP contribution in [0.25, 0.3) is 0 Å². The second-order valence-corrected chi connectivity index (χ2v) is 5.57. The van der Waals surface area contributed by atoms with Crippen LogP contribution in [-0.4, -0.2) is 49.0 Å². The predicted molar refractivity (Wildman–Crippen MR) is 69.7 cm³/mol. The predicted octanol–water partition coefficient (Wildman–Crippen LogP) is 1.66. The molecule has 0 spiro atoms. The number of thioether (sulfide) groups is 1. The van der Waals surface area contributed by atoms with E-state index in [0.29, 0.717) is 6.04 Å². The Kier molecular flexibility index (Phi) is 5.47. The fourth-order valence-corrected chi connectivity index (χ4v) is 2.55. The molecule has 1 fully saturated rings. The number of nitrogens with one attached hydrogen (secondary N) is 1. The van der Waals surface area contributed by atoms with Crippen LogP contribution in [0.1, 0.15) is 20.3 Å². The minimum absolute atomic E-state index is 0.568. The Morgan fingerprint density at radius 1 is 1.47 bits per heavy atom. The molecule has 1 heterocycles. The second-order valence-electron chi connectivity index (χ2n) is 4.57. The molecule has 1 aliphatic heterocycles.